The molecule has 0 atom stereocenters. The molecular formula is C34H31F7N2O5S2. The van der Waals surface area contributed by atoms with Crippen LogP contribution < -0.4 is 9.46 Å². The molecule has 1 heterocycles. The Hall–Kier alpha value is -4.18. The maximum absolute atomic E-state index is 14.4. The first-order valence-electron chi connectivity index (χ1n) is 15.3. The summed E-state index contributed by atoms with van der Waals surface area (Å²) < 4.78 is 134. The number of benzene rings is 3. The van der Waals surface area contributed by atoms with E-state index in [2.05, 4.69) is 18.8 Å². The second-order valence-electron chi connectivity index (χ2n) is 12.4. The summed E-state index contributed by atoms with van der Waals surface area (Å²) in [7, 11) is -3.60. The first-order valence-corrected chi connectivity index (χ1v) is 17.7. The van der Waals surface area contributed by atoms with Gasteiger partial charge in [0.05, 0.1) is 29.5 Å². The zero-order valence-corrected chi connectivity index (χ0v) is 28.4. The summed E-state index contributed by atoms with van der Waals surface area (Å²) in [6.45, 7) is 4.23. The Labute approximate surface area is 287 Å². The molecule has 5 rings (SSSR count). The number of anilines is 1. The van der Waals surface area contributed by atoms with Crippen molar-refractivity contribution in [2.75, 3.05) is 11.8 Å². The number of thiazole rings is 1. The van der Waals surface area contributed by atoms with Gasteiger partial charge in [-0.15, -0.1) is 11.3 Å². The maximum atomic E-state index is 14.4. The first kappa shape index (κ1) is 37.1. The van der Waals surface area contributed by atoms with Gasteiger partial charge in [0.25, 0.3) is 10.0 Å². The SMILES string of the molecule is COc1cc(C(=O)O)c(F)cc1NS(=O)(=O)c1csc(-c2ccc(-c3ccc(C4CCC(C(C)C)CC4)cc3C(F)(F)F)cc2C(F)(F)F)n1. The summed E-state index contributed by atoms with van der Waals surface area (Å²) in [6, 6.07) is 7.67. The van der Waals surface area contributed by atoms with Crippen molar-refractivity contribution < 1.29 is 53.8 Å². The van der Waals surface area contributed by atoms with Gasteiger partial charge in [-0.05, 0) is 78.3 Å². The van der Waals surface area contributed by atoms with Crippen molar-refractivity contribution in [3.8, 4) is 27.4 Å². The average molecular weight is 745 g/mol. The Morgan fingerprint density at radius 2 is 1.56 bits per heavy atom. The number of carboxylic acid groups (broad SMARTS) is 1. The van der Waals surface area contributed by atoms with Crippen LogP contribution in [0.25, 0.3) is 21.7 Å². The summed E-state index contributed by atoms with van der Waals surface area (Å²) in [5, 5.41) is 8.88. The van der Waals surface area contributed by atoms with E-state index in [1.807, 2.05) is 4.72 Å². The molecule has 0 bridgehead atoms. The number of rotatable bonds is 9. The number of aromatic carboxylic acids is 1. The third-order valence-electron chi connectivity index (χ3n) is 8.92. The van der Waals surface area contributed by atoms with Crippen LogP contribution in [0.2, 0.25) is 0 Å². The van der Waals surface area contributed by atoms with Crippen molar-refractivity contribution in [3.63, 3.8) is 0 Å². The van der Waals surface area contributed by atoms with E-state index in [9.17, 15) is 43.9 Å². The van der Waals surface area contributed by atoms with Crippen LogP contribution in [0.1, 0.15) is 72.5 Å². The molecule has 2 N–H and O–H groups in total. The van der Waals surface area contributed by atoms with Crippen LogP contribution in [-0.4, -0.2) is 31.6 Å². The smallest absolute Gasteiger partial charge is 0.417 e. The number of alkyl halides is 6. The lowest BCUT2D eigenvalue weighted by Crippen LogP contribution is -2.18. The molecule has 0 spiro atoms. The van der Waals surface area contributed by atoms with E-state index in [0.29, 0.717) is 40.9 Å². The van der Waals surface area contributed by atoms with Crippen molar-refractivity contribution in [1.29, 1.82) is 0 Å². The van der Waals surface area contributed by atoms with E-state index in [4.69, 9.17) is 9.84 Å². The highest BCUT2D eigenvalue weighted by molar-refractivity contribution is 7.92. The van der Waals surface area contributed by atoms with Gasteiger partial charge in [-0.2, -0.15) is 34.8 Å². The maximum Gasteiger partial charge on any atom is 0.417 e. The molecule has 1 aromatic heterocycles. The minimum absolute atomic E-state index is 0.0951. The van der Waals surface area contributed by atoms with Gasteiger partial charge in [0.15, 0.2) is 5.03 Å². The van der Waals surface area contributed by atoms with Gasteiger partial charge >= 0.3 is 18.3 Å². The van der Waals surface area contributed by atoms with Crippen molar-refractivity contribution in [3.05, 3.63) is 82.0 Å². The number of carboxylic acids is 1. The van der Waals surface area contributed by atoms with Crippen molar-refractivity contribution >= 4 is 33.0 Å². The van der Waals surface area contributed by atoms with Gasteiger partial charge in [-0.25, -0.2) is 14.2 Å². The predicted octanol–water partition coefficient (Wildman–Crippen LogP) is 10.1. The molecule has 0 aliphatic heterocycles. The van der Waals surface area contributed by atoms with Gasteiger partial charge in [0.1, 0.15) is 16.6 Å². The van der Waals surface area contributed by atoms with Gasteiger partial charge in [0.2, 0.25) is 0 Å². The number of hydrogen-bond acceptors (Lipinski definition) is 6. The van der Waals surface area contributed by atoms with E-state index < -0.39 is 77.7 Å². The second kappa shape index (κ2) is 13.9. The third-order valence-corrected chi connectivity index (χ3v) is 11.2. The third kappa shape index (κ3) is 7.75. The fraction of sp³-hybridized carbons (Fsp3) is 0.353. The first-order chi connectivity index (χ1) is 23.3. The van der Waals surface area contributed by atoms with Crippen LogP contribution >= 0.6 is 11.3 Å². The van der Waals surface area contributed by atoms with Crippen LogP contribution in [0.5, 0.6) is 5.75 Å². The van der Waals surface area contributed by atoms with E-state index in [0.717, 1.165) is 62.4 Å². The number of nitrogens with zero attached hydrogens (tertiary/aromatic N) is 1. The van der Waals surface area contributed by atoms with Crippen LogP contribution in [0.3, 0.4) is 0 Å². The summed E-state index contributed by atoms with van der Waals surface area (Å²) >= 11 is 0.525. The zero-order chi connectivity index (χ0) is 36.8. The van der Waals surface area contributed by atoms with Gasteiger partial charge in [-0.3, -0.25) is 4.72 Å². The normalized spacial score (nSPS) is 17.2. The molecule has 0 radical (unpaired) electrons. The lowest BCUT2D eigenvalue weighted by atomic mass is 9.74. The molecule has 50 heavy (non-hydrogen) atoms. The number of methoxy groups -OCH3 is 1. The number of aromatic nitrogens is 1. The Bertz CT molecular complexity index is 2020. The molecule has 4 aromatic rings. The second-order valence-corrected chi connectivity index (χ2v) is 14.8. The largest absolute Gasteiger partial charge is 0.495 e. The van der Waals surface area contributed by atoms with Crippen molar-refractivity contribution in [1.82, 2.24) is 4.98 Å². The fourth-order valence-corrected chi connectivity index (χ4v) is 8.42. The van der Waals surface area contributed by atoms with E-state index in [1.165, 1.54) is 12.1 Å². The Morgan fingerprint density at radius 3 is 2.14 bits per heavy atom. The van der Waals surface area contributed by atoms with E-state index in [-0.39, 0.29) is 17.2 Å². The summed E-state index contributed by atoms with van der Waals surface area (Å²) in [4.78, 5) is 15.1. The monoisotopic (exact) mass is 744 g/mol. The van der Waals surface area contributed by atoms with Crippen molar-refractivity contribution in [2.45, 2.75) is 62.8 Å². The van der Waals surface area contributed by atoms with Crippen LogP contribution in [-0.2, 0) is 22.4 Å². The number of carbonyl (C=O) groups is 1. The molecule has 1 aliphatic carbocycles. The molecule has 0 amide bonds. The zero-order valence-electron chi connectivity index (χ0n) is 26.7. The quantitative estimate of drug-likeness (QED) is 0.165. The number of ether oxygens (including phenoxy) is 1. The Morgan fingerprint density at radius 1 is 0.940 bits per heavy atom. The molecular weight excluding hydrogens is 714 g/mol. The Kier molecular flexibility index (Phi) is 10.3. The van der Waals surface area contributed by atoms with Gasteiger partial charge in [0, 0.05) is 17.0 Å². The van der Waals surface area contributed by atoms with E-state index in [1.54, 1.807) is 0 Å². The van der Waals surface area contributed by atoms with Crippen LogP contribution in [0.4, 0.5) is 36.4 Å². The van der Waals surface area contributed by atoms with Gasteiger partial charge in [-0.1, -0.05) is 38.1 Å². The van der Waals surface area contributed by atoms with Crippen LogP contribution in [0.15, 0.2) is 58.9 Å². The molecule has 7 nitrogen and oxygen atoms in total. The summed E-state index contributed by atoms with van der Waals surface area (Å²) in [6.07, 6.45) is -6.74. The Balaban J connectivity index is 1.49. The number of sulfonamides is 1. The standard InChI is InChI=1S/C34H31F7N2O5S2/c1-17(2)18-4-6-19(7-5-18)20-8-10-22(25(12-20)33(36,37)38)21-9-11-23(26(13-21)34(39,40)41)31-42-30(16-49-31)50(46,47)43-28-15-27(35)24(32(44)45)14-29(28)48-3/h8-19,43H,4-7H2,1-3H3,(H,44,45). The summed E-state index contributed by atoms with van der Waals surface area (Å²) in [5.74, 6) is -2.43. The number of nitrogens with one attached hydrogen (secondary N) is 1. The summed E-state index contributed by atoms with van der Waals surface area (Å²) in [5.41, 5.74) is -4.55. The van der Waals surface area contributed by atoms with E-state index >= 15 is 0 Å². The molecule has 0 saturated heterocycles. The number of hydrogen-bond donors (Lipinski definition) is 2. The molecule has 3 aromatic carbocycles. The molecule has 0 unspecified atom stereocenters. The highest BCUT2D eigenvalue weighted by Gasteiger charge is 2.38. The molecule has 1 saturated carbocycles. The highest BCUT2D eigenvalue weighted by Crippen LogP contribution is 2.46. The lowest BCUT2D eigenvalue weighted by molar-refractivity contribution is -0.137. The predicted molar refractivity (Wildman–Crippen MR) is 173 cm³/mol. The van der Waals surface area contributed by atoms with Crippen LogP contribution in [0, 0.1) is 17.7 Å². The minimum atomic E-state index is -5.07. The molecule has 1 fully saturated rings. The average Bonchev–Trinajstić information content (AvgIpc) is 3.55. The van der Waals surface area contributed by atoms with Crippen molar-refractivity contribution in [2.24, 2.45) is 11.8 Å². The minimum Gasteiger partial charge on any atom is -0.495 e. The lowest BCUT2D eigenvalue weighted by Gasteiger charge is -2.31. The fourth-order valence-electron chi connectivity index (χ4n) is 6.22. The molecule has 1 aliphatic rings. The number of halogens is 7. The highest BCUT2D eigenvalue weighted by atomic mass is 32.2. The molecule has 268 valence electrons. The van der Waals surface area contributed by atoms with Gasteiger partial charge < -0.3 is 9.84 Å². The topological polar surface area (TPSA) is 106 Å². The molecule has 16 heteroatoms.